The van der Waals surface area contributed by atoms with Crippen molar-refractivity contribution < 1.29 is 9.32 Å². The van der Waals surface area contributed by atoms with Crippen molar-refractivity contribution in [3.63, 3.8) is 0 Å². The van der Waals surface area contributed by atoms with Crippen molar-refractivity contribution >= 4 is 11.7 Å². The second kappa shape index (κ2) is 8.32. The van der Waals surface area contributed by atoms with Gasteiger partial charge in [-0.1, -0.05) is 11.2 Å². The van der Waals surface area contributed by atoms with Crippen LogP contribution in [0.1, 0.15) is 31.2 Å². The van der Waals surface area contributed by atoms with Crippen molar-refractivity contribution in [1.82, 2.24) is 39.8 Å². The first-order valence-corrected chi connectivity index (χ1v) is 11.0. The van der Waals surface area contributed by atoms with Gasteiger partial charge in [0.15, 0.2) is 5.82 Å². The maximum Gasteiger partial charge on any atom is 0.261 e. The van der Waals surface area contributed by atoms with Gasteiger partial charge < -0.3 is 15.2 Å². The van der Waals surface area contributed by atoms with Crippen LogP contribution in [0.25, 0.3) is 22.8 Å². The number of rotatable bonds is 7. The lowest BCUT2D eigenvalue weighted by atomic mass is 9.77. The number of pyridine rings is 1. The van der Waals surface area contributed by atoms with Crippen LogP contribution in [0, 0.1) is 5.92 Å². The van der Waals surface area contributed by atoms with Gasteiger partial charge in [0.2, 0.25) is 5.91 Å². The number of hydrogen-bond acceptors (Lipinski definition) is 9. The van der Waals surface area contributed by atoms with Crippen molar-refractivity contribution in [2.75, 3.05) is 19.8 Å². The lowest BCUT2D eigenvalue weighted by molar-refractivity contribution is -0.129. The highest BCUT2D eigenvalue weighted by atomic mass is 16.5. The van der Waals surface area contributed by atoms with Gasteiger partial charge in [0.05, 0.1) is 35.3 Å². The zero-order valence-corrected chi connectivity index (χ0v) is 19.2. The van der Waals surface area contributed by atoms with Crippen molar-refractivity contribution in [2.24, 2.45) is 5.92 Å². The standard InChI is InChI=1S/C23H25N9O2/c1-23(15-4-5-15,16-6-7-17(25-9-16)18-10-27-19(24)11-26-18)22-29-21(34-30-22)14-8-28-32(12-14)13-20(33)31(2)3/h6-12,15H,4-5,13H2,1-3H3,(H2,24,27)/t23-/m1/s1. The topological polar surface area (TPSA) is 142 Å². The number of carbonyl (C=O) groups is 1. The monoisotopic (exact) mass is 459 g/mol. The summed E-state index contributed by atoms with van der Waals surface area (Å²) in [7, 11) is 3.42. The fourth-order valence-electron chi connectivity index (χ4n) is 3.92. The van der Waals surface area contributed by atoms with Crippen LogP contribution >= 0.6 is 0 Å². The SMILES string of the molecule is CN(C)C(=O)Cn1cc(-c2nc([C@@](C)(c3ccc(-c4cnc(N)cn4)nc3)C3CC3)no2)cn1. The first-order chi connectivity index (χ1) is 16.3. The minimum absolute atomic E-state index is 0.0527. The van der Waals surface area contributed by atoms with Gasteiger partial charge in [0.1, 0.15) is 18.1 Å². The van der Waals surface area contributed by atoms with Crippen LogP contribution in [0.5, 0.6) is 0 Å². The summed E-state index contributed by atoms with van der Waals surface area (Å²) in [4.78, 5) is 31.2. The number of nitrogen functional groups attached to an aromatic ring is 1. The van der Waals surface area contributed by atoms with E-state index in [0.29, 0.717) is 40.4 Å². The molecule has 4 aromatic heterocycles. The Morgan fingerprint density at radius 2 is 1.94 bits per heavy atom. The summed E-state index contributed by atoms with van der Waals surface area (Å²) in [6.45, 7) is 2.27. The maximum atomic E-state index is 12.0. The van der Waals surface area contributed by atoms with E-state index >= 15 is 0 Å². The van der Waals surface area contributed by atoms with Crippen molar-refractivity contribution in [3.8, 4) is 22.8 Å². The molecule has 4 heterocycles. The second-order valence-electron chi connectivity index (χ2n) is 8.87. The molecule has 0 unspecified atom stereocenters. The molecule has 1 atom stereocenters. The Hall–Kier alpha value is -4.15. The first kappa shape index (κ1) is 21.7. The normalized spacial score (nSPS) is 15.1. The van der Waals surface area contributed by atoms with Gasteiger partial charge in [-0.3, -0.25) is 14.5 Å². The van der Waals surface area contributed by atoms with E-state index in [4.69, 9.17) is 15.2 Å². The van der Waals surface area contributed by atoms with Gasteiger partial charge in [-0.15, -0.1) is 0 Å². The average Bonchev–Trinajstić information content (AvgIpc) is 3.39. The quantitative estimate of drug-likeness (QED) is 0.440. The number of amides is 1. The van der Waals surface area contributed by atoms with Crippen molar-refractivity contribution in [2.45, 2.75) is 31.7 Å². The molecule has 1 saturated carbocycles. The highest BCUT2D eigenvalue weighted by Gasteiger charge is 2.47. The van der Waals surface area contributed by atoms with E-state index in [1.807, 2.05) is 18.3 Å². The second-order valence-corrected chi connectivity index (χ2v) is 8.87. The molecular formula is C23H25N9O2. The van der Waals surface area contributed by atoms with Gasteiger partial charge in [-0.2, -0.15) is 10.1 Å². The summed E-state index contributed by atoms with van der Waals surface area (Å²) in [5.41, 5.74) is 8.21. The Morgan fingerprint density at radius 1 is 1.15 bits per heavy atom. The van der Waals surface area contributed by atoms with Crippen LogP contribution in [0.4, 0.5) is 5.82 Å². The number of anilines is 1. The zero-order valence-electron chi connectivity index (χ0n) is 19.2. The minimum Gasteiger partial charge on any atom is -0.382 e. The summed E-state index contributed by atoms with van der Waals surface area (Å²) >= 11 is 0. The molecule has 1 amide bonds. The van der Waals surface area contributed by atoms with Crippen LogP contribution in [-0.4, -0.2) is 59.8 Å². The molecule has 2 N–H and O–H groups in total. The van der Waals surface area contributed by atoms with Crippen molar-refractivity contribution in [3.05, 3.63) is 54.5 Å². The van der Waals surface area contributed by atoms with Gasteiger partial charge >= 0.3 is 0 Å². The molecule has 174 valence electrons. The largest absolute Gasteiger partial charge is 0.382 e. The molecule has 0 bridgehead atoms. The summed E-state index contributed by atoms with van der Waals surface area (Å²) < 4.78 is 7.17. The molecule has 0 spiro atoms. The minimum atomic E-state index is -0.447. The Morgan fingerprint density at radius 3 is 2.59 bits per heavy atom. The van der Waals surface area contributed by atoms with E-state index in [1.165, 1.54) is 11.1 Å². The molecule has 4 aromatic rings. The summed E-state index contributed by atoms with van der Waals surface area (Å²) in [5.74, 6) is 1.67. The predicted molar refractivity (Wildman–Crippen MR) is 123 cm³/mol. The number of hydrogen-bond donors (Lipinski definition) is 1. The molecule has 1 aliphatic carbocycles. The Balaban J connectivity index is 1.41. The summed E-state index contributed by atoms with van der Waals surface area (Å²) in [5, 5.41) is 8.58. The fraction of sp³-hybridized carbons (Fsp3) is 0.348. The zero-order chi connectivity index (χ0) is 23.9. The Bertz CT molecular complexity index is 1310. The number of nitrogens with two attached hydrogens (primary N) is 1. The van der Waals surface area contributed by atoms with Gasteiger partial charge in [0, 0.05) is 26.5 Å². The molecule has 0 radical (unpaired) electrons. The highest BCUT2D eigenvalue weighted by molar-refractivity contribution is 5.75. The molecule has 0 aliphatic heterocycles. The van der Waals surface area contributed by atoms with Crippen LogP contribution in [0.15, 0.2) is 47.6 Å². The van der Waals surface area contributed by atoms with Crippen LogP contribution in [0.2, 0.25) is 0 Å². The maximum absolute atomic E-state index is 12.0. The van der Waals surface area contributed by atoms with Crippen LogP contribution in [-0.2, 0) is 16.8 Å². The van der Waals surface area contributed by atoms with E-state index < -0.39 is 5.41 Å². The van der Waals surface area contributed by atoms with E-state index in [1.54, 1.807) is 37.4 Å². The van der Waals surface area contributed by atoms with Crippen LogP contribution < -0.4 is 5.73 Å². The number of likely N-dealkylation sites (N-methyl/N-ethyl adjacent to an activating group) is 1. The van der Waals surface area contributed by atoms with Gasteiger partial charge in [-0.05, 0) is 37.3 Å². The molecule has 34 heavy (non-hydrogen) atoms. The number of aromatic nitrogens is 7. The molecule has 0 saturated heterocycles. The van der Waals surface area contributed by atoms with E-state index in [-0.39, 0.29) is 12.5 Å². The molecule has 11 nitrogen and oxygen atoms in total. The highest BCUT2D eigenvalue weighted by Crippen LogP contribution is 2.50. The lowest BCUT2D eigenvalue weighted by Gasteiger charge is -2.26. The summed E-state index contributed by atoms with van der Waals surface area (Å²) in [6, 6.07) is 3.95. The molecule has 1 aliphatic rings. The third-order valence-corrected chi connectivity index (χ3v) is 6.26. The van der Waals surface area contributed by atoms with Gasteiger partial charge in [-0.25, -0.2) is 9.97 Å². The lowest BCUT2D eigenvalue weighted by Crippen LogP contribution is -2.28. The number of nitrogens with zero attached hydrogens (tertiary/aromatic N) is 8. The number of carbonyl (C=O) groups excluding carboxylic acids is 1. The van der Waals surface area contributed by atoms with Crippen LogP contribution in [0.3, 0.4) is 0 Å². The molecule has 1 fully saturated rings. The predicted octanol–water partition coefficient (Wildman–Crippen LogP) is 2.17. The Labute approximate surface area is 196 Å². The average molecular weight is 460 g/mol. The van der Waals surface area contributed by atoms with Crippen molar-refractivity contribution in [1.29, 1.82) is 0 Å². The third kappa shape index (κ3) is 4.00. The molecule has 5 rings (SSSR count). The Kier molecular flexibility index (Phi) is 5.31. The molecule has 0 aromatic carbocycles. The molecular weight excluding hydrogens is 434 g/mol. The van der Waals surface area contributed by atoms with E-state index in [2.05, 4.69) is 32.1 Å². The first-order valence-electron chi connectivity index (χ1n) is 11.0. The smallest absolute Gasteiger partial charge is 0.261 e. The third-order valence-electron chi connectivity index (χ3n) is 6.26. The fourth-order valence-corrected chi connectivity index (χ4v) is 3.92. The van der Waals surface area contributed by atoms with E-state index in [0.717, 1.165) is 18.4 Å². The van der Waals surface area contributed by atoms with E-state index in [9.17, 15) is 4.79 Å². The van der Waals surface area contributed by atoms with Gasteiger partial charge in [0.25, 0.3) is 5.89 Å². The summed E-state index contributed by atoms with van der Waals surface area (Å²) in [6.07, 6.45) is 10.5. The molecule has 11 heteroatoms.